The third-order valence-corrected chi connectivity index (χ3v) is 5.44. The molecule has 3 rings (SSSR count). The second-order valence-electron chi connectivity index (χ2n) is 5.65. The molecule has 0 spiro atoms. The van der Waals surface area contributed by atoms with Gasteiger partial charge >= 0.3 is 0 Å². The van der Waals surface area contributed by atoms with E-state index in [-0.39, 0.29) is 22.2 Å². The Balaban J connectivity index is 1.79. The molecule has 0 bridgehead atoms. The SMILES string of the molecule is Cc1ccc(Cl)cc1Nc1ccc(NS(=O)(=O)c2c(C)noc2C)nn1. The molecular weight excluding hydrogens is 378 g/mol. The van der Waals surface area contributed by atoms with Crippen LogP contribution in [0.3, 0.4) is 0 Å². The number of rotatable bonds is 5. The molecule has 0 aliphatic rings. The fourth-order valence-corrected chi connectivity index (χ4v) is 3.87. The molecule has 1 aromatic carbocycles. The smallest absolute Gasteiger partial charge is 0.268 e. The van der Waals surface area contributed by atoms with Crippen LogP contribution in [0.2, 0.25) is 5.02 Å². The van der Waals surface area contributed by atoms with Crippen LogP contribution in [0.1, 0.15) is 17.0 Å². The highest BCUT2D eigenvalue weighted by Gasteiger charge is 2.24. The van der Waals surface area contributed by atoms with Crippen molar-refractivity contribution in [3.63, 3.8) is 0 Å². The minimum atomic E-state index is -3.86. The highest BCUT2D eigenvalue weighted by atomic mass is 35.5. The van der Waals surface area contributed by atoms with Gasteiger partial charge in [-0.05, 0) is 50.6 Å². The molecule has 0 saturated carbocycles. The standard InChI is InChI=1S/C16H16ClN5O3S/c1-9-4-5-12(17)8-13(9)18-14-6-7-15(20-19-14)22-26(23,24)16-10(2)21-25-11(16)3/h4-8H,1-3H3,(H,18,19)(H,20,22). The molecule has 0 saturated heterocycles. The van der Waals surface area contributed by atoms with E-state index in [4.69, 9.17) is 16.1 Å². The second kappa shape index (κ2) is 6.93. The van der Waals surface area contributed by atoms with Crippen LogP contribution >= 0.6 is 11.6 Å². The quantitative estimate of drug-likeness (QED) is 0.681. The molecule has 0 radical (unpaired) electrons. The molecule has 136 valence electrons. The van der Waals surface area contributed by atoms with Gasteiger partial charge in [0.05, 0.1) is 0 Å². The van der Waals surface area contributed by atoms with E-state index in [0.29, 0.717) is 10.8 Å². The topological polar surface area (TPSA) is 110 Å². The van der Waals surface area contributed by atoms with Crippen molar-refractivity contribution in [2.75, 3.05) is 10.0 Å². The van der Waals surface area contributed by atoms with Crippen LogP contribution in [0.15, 0.2) is 39.8 Å². The molecule has 3 aromatic rings. The Kier molecular flexibility index (Phi) is 4.84. The van der Waals surface area contributed by atoms with Crippen molar-refractivity contribution in [2.24, 2.45) is 0 Å². The summed E-state index contributed by atoms with van der Waals surface area (Å²) in [6, 6.07) is 8.56. The van der Waals surface area contributed by atoms with E-state index in [0.717, 1.165) is 11.3 Å². The van der Waals surface area contributed by atoms with Crippen molar-refractivity contribution < 1.29 is 12.9 Å². The van der Waals surface area contributed by atoms with Crippen LogP contribution in [0.5, 0.6) is 0 Å². The molecule has 26 heavy (non-hydrogen) atoms. The third kappa shape index (κ3) is 3.78. The van der Waals surface area contributed by atoms with Gasteiger partial charge in [0.2, 0.25) is 0 Å². The number of hydrogen-bond acceptors (Lipinski definition) is 7. The number of benzene rings is 1. The zero-order valence-electron chi connectivity index (χ0n) is 14.2. The average Bonchev–Trinajstić information content (AvgIpc) is 2.92. The number of halogens is 1. The number of nitrogens with one attached hydrogen (secondary N) is 2. The zero-order chi connectivity index (χ0) is 18.9. The number of nitrogens with zero attached hydrogens (tertiary/aromatic N) is 3. The van der Waals surface area contributed by atoms with Crippen LogP contribution in [0.4, 0.5) is 17.3 Å². The first-order chi connectivity index (χ1) is 12.3. The summed E-state index contributed by atoms with van der Waals surface area (Å²) in [6.45, 7) is 5.01. The summed E-state index contributed by atoms with van der Waals surface area (Å²) in [6.07, 6.45) is 0. The Morgan fingerprint density at radius 1 is 1.04 bits per heavy atom. The van der Waals surface area contributed by atoms with E-state index >= 15 is 0 Å². The van der Waals surface area contributed by atoms with E-state index < -0.39 is 10.0 Å². The number of sulfonamides is 1. The predicted octanol–water partition coefficient (Wildman–Crippen LogP) is 3.59. The summed E-state index contributed by atoms with van der Waals surface area (Å²) in [4.78, 5) is -0.00365. The van der Waals surface area contributed by atoms with Gasteiger partial charge in [0, 0.05) is 10.7 Å². The van der Waals surface area contributed by atoms with Crippen LogP contribution in [0, 0.1) is 20.8 Å². The van der Waals surface area contributed by atoms with Gasteiger partial charge in [-0.2, -0.15) is 0 Å². The summed E-state index contributed by atoms with van der Waals surface area (Å²) in [5, 5.41) is 15.2. The predicted molar refractivity (Wildman–Crippen MR) is 98.3 cm³/mol. The Morgan fingerprint density at radius 2 is 1.73 bits per heavy atom. The van der Waals surface area contributed by atoms with Gasteiger partial charge < -0.3 is 9.84 Å². The van der Waals surface area contributed by atoms with Crippen LogP contribution < -0.4 is 10.0 Å². The molecule has 0 aliphatic carbocycles. The Hall–Kier alpha value is -2.65. The summed E-state index contributed by atoms with van der Waals surface area (Å²) in [5.74, 6) is 0.742. The van der Waals surface area contributed by atoms with Crippen molar-refractivity contribution >= 4 is 38.9 Å². The monoisotopic (exact) mass is 393 g/mol. The largest absolute Gasteiger partial charge is 0.360 e. The first kappa shape index (κ1) is 18.2. The van der Waals surface area contributed by atoms with Crippen molar-refractivity contribution in [2.45, 2.75) is 25.7 Å². The number of aryl methyl sites for hydroxylation is 3. The van der Waals surface area contributed by atoms with Crippen LogP contribution in [0.25, 0.3) is 0 Å². The molecule has 0 aliphatic heterocycles. The van der Waals surface area contributed by atoms with Gasteiger partial charge in [-0.25, -0.2) is 8.42 Å². The molecule has 10 heteroatoms. The lowest BCUT2D eigenvalue weighted by atomic mass is 10.2. The fraction of sp³-hybridized carbons (Fsp3) is 0.188. The maximum Gasteiger partial charge on any atom is 0.268 e. The van der Waals surface area contributed by atoms with E-state index in [9.17, 15) is 8.42 Å². The molecule has 2 N–H and O–H groups in total. The minimum Gasteiger partial charge on any atom is -0.360 e. The summed E-state index contributed by atoms with van der Waals surface area (Å²) >= 11 is 5.99. The molecule has 8 nitrogen and oxygen atoms in total. The van der Waals surface area contributed by atoms with Crippen molar-refractivity contribution in [3.05, 3.63) is 52.4 Å². The van der Waals surface area contributed by atoms with Crippen LogP contribution in [-0.4, -0.2) is 23.8 Å². The lowest BCUT2D eigenvalue weighted by Crippen LogP contribution is -2.15. The van der Waals surface area contributed by atoms with Gasteiger partial charge in [0.15, 0.2) is 22.3 Å². The molecule has 0 fully saturated rings. The highest BCUT2D eigenvalue weighted by Crippen LogP contribution is 2.24. The summed E-state index contributed by atoms with van der Waals surface area (Å²) in [7, 11) is -3.86. The maximum atomic E-state index is 12.5. The Morgan fingerprint density at radius 3 is 2.35 bits per heavy atom. The zero-order valence-corrected chi connectivity index (χ0v) is 15.8. The minimum absolute atomic E-state index is 0.00365. The molecule has 0 amide bonds. The van der Waals surface area contributed by atoms with Gasteiger partial charge in [-0.15, -0.1) is 10.2 Å². The summed E-state index contributed by atoms with van der Waals surface area (Å²) in [5.41, 5.74) is 2.05. The van der Waals surface area contributed by atoms with E-state index in [1.807, 2.05) is 13.0 Å². The lowest BCUT2D eigenvalue weighted by molar-refractivity contribution is 0.390. The number of anilines is 3. The summed E-state index contributed by atoms with van der Waals surface area (Å²) < 4.78 is 32.2. The highest BCUT2D eigenvalue weighted by molar-refractivity contribution is 7.92. The van der Waals surface area contributed by atoms with E-state index in [1.54, 1.807) is 25.1 Å². The first-order valence-corrected chi connectivity index (χ1v) is 9.45. The van der Waals surface area contributed by atoms with E-state index in [2.05, 4.69) is 25.4 Å². The van der Waals surface area contributed by atoms with Gasteiger partial charge in [0.1, 0.15) is 5.69 Å². The molecular formula is C16H16ClN5O3S. The molecule has 0 atom stereocenters. The van der Waals surface area contributed by atoms with Crippen LogP contribution in [-0.2, 0) is 10.0 Å². The number of aromatic nitrogens is 3. The Bertz CT molecular complexity index is 1030. The number of hydrogen-bond donors (Lipinski definition) is 2. The first-order valence-electron chi connectivity index (χ1n) is 7.59. The van der Waals surface area contributed by atoms with Crippen molar-refractivity contribution in [3.8, 4) is 0 Å². The normalized spacial score (nSPS) is 11.4. The van der Waals surface area contributed by atoms with Gasteiger partial charge in [-0.3, -0.25) is 4.72 Å². The Labute approximate surface area is 155 Å². The molecule has 0 unspecified atom stereocenters. The van der Waals surface area contributed by atoms with Gasteiger partial charge in [-0.1, -0.05) is 22.8 Å². The maximum absolute atomic E-state index is 12.5. The van der Waals surface area contributed by atoms with Gasteiger partial charge in [0.25, 0.3) is 10.0 Å². The van der Waals surface area contributed by atoms with Crippen molar-refractivity contribution in [1.82, 2.24) is 15.4 Å². The van der Waals surface area contributed by atoms with E-state index in [1.165, 1.54) is 13.0 Å². The molecule has 2 aromatic heterocycles. The average molecular weight is 394 g/mol. The van der Waals surface area contributed by atoms with Crippen molar-refractivity contribution in [1.29, 1.82) is 0 Å². The fourth-order valence-electron chi connectivity index (χ4n) is 2.37. The third-order valence-electron chi connectivity index (χ3n) is 3.60. The molecule has 2 heterocycles. The lowest BCUT2D eigenvalue weighted by Gasteiger charge is -2.10. The second-order valence-corrected chi connectivity index (χ2v) is 7.70.